The third-order valence-corrected chi connectivity index (χ3v) is 3.97. The lowest BCUT2D eigenvalue weighted by Gasteiger charge is -2.15. The number of ether oxygens (including phenoxy) is 1. The zero-order valence-electron chi connectivity index (χ0n) is 13.6. The Morgan fingerprint density at radius 3 is 2.50 bits per heavy atom. The maximum absolute atomic E-state index is 6.21. The van der Waals surface area contributed by atoms with Crippen LogP contribution < -0.4 is 4.74 Å². The van der Waals surface area contributed by atoms with Crippen LogP contribution in [0.5, 0.6) is 5.75 Å². The highest BCUT2D eigenvalue weighted by atomic mass is 16.5. The summed E-state index contributed by atoms with van der Waals surface area (Å²) in [4.78, 5) is 2.19. The molecule has 0 aromatic heterocycles. The Hall–Kier alpha value is -2.06. The van der Waals surface area contributed by atoms with Gasteiger partial charge in [-0.1, -0.05) is 42.0 Å². The lowest BCUT2D eigenvalue weighted by molar-refractivity contribution is 0.286. The Kier molecular flexibility index (Phi) is 4.30. The molecule has 0 aliphatic carbocycles. The molecule has 0 aliphatic rings. The molecule has 3 rings (SSSR count). The van der Waals surface area contributed by atoms with E-state index in [4.69, 9.17) is 4.74 Å². The largest absolute Gasteiger partial charge is 0.492 e. The van der Waals surface area contributed by atoms with Gasteiger partial charge in [-0.3, -0.25) is 0 Å². The molecule has 0 amide bonds. The van der Waals surface area contributed by atoms with E-state index < -0.39 is 0 Å². The van der Waals surface area contributed by atoms with E-state index in [9.17, 15) is 0 Å². The normalized spacial score (nSPS) is 11.5. The molecule has 0 saturated carbocycles. The van der Waals surface area contributed by atoms with Gasteiger partial charge in [-0.2, -0.15) is 0 Å². The summed E-state index contributed by atoms with van der Waals surface area (Å²) in [6, 6.07) is 17.3. The van der Waals surface area contributed by atoms with Gasteiger partial charge in [-0.05, 0) is 50.3 Å². The van der Waals surface area contributed by atoms with Gasteiger partial charge in [-0.15, -0.1) is 0 Å². The van der Waals surface area contributed by atoms with Crippen LogP contribution in [-0.4, -0.2) is 32.1 Å². The van der Waals surface area contributed by atoms with Crippen molar-refractivity contribution in [2.24, 2.45) is 0 Å². The zero-order valence-corrected chi connectivity index (χ0v) is 13.6. The average molecular weight is 293 g/mol. The monoisotopic (exact) mass is 293 g/mol. The van der Waals surface area contributed by atoms with Gasteiger partial charge in [0.2, 0.25) is 0 Å². The first-order valence-corrected chi connectivity index (χ1v) is 7.85. The molecule has 0 N–H and O–H groups in total. The molecule has 0 heterocycles. The third kappa shape index (κ3) is 3.07. The Balaban J connectivity index is 2.04. The van der Waals surface area contributed by atoms with Gasteiger partial charge in [0.05, 0.1) is 6.61 Å². The summed E-state index contributed by atoms with van der Waals surface area (Å²) in [6.07, 6.45) is 1.03. The smallest absolute Gasteiger partial charge is 0.134 e. The van der Waals surface area contributed by atoms with Crippen molar-refractivity contribution in [2.75, 3.05) is 27.2 Å². The van der Waals surface area contributed by atoms with Crippen molar-refractivity contribution in [2.45, 2.75) is 13.3 Å². The van der Waals surface area contributed by atoms with E-state index >= 15 is 0 Å². The highest BCUT2D eigenvalue weighted by molar-refractivity contribution is 6.05. The predicted octanol–water partition coefficient (Wildman–Crippen LogP) is 4.63. The van der Waals surface area contributed by atoms with E-state index in [1.807, 2.05) is 0 Å². The van der Waals surface area contributed by atoms with Gasteiger partial charge in [0.1, 0.15) is 5.75 Å². The number of rotatable bonds is 5. The standard InChI is InChI=1S/C20H23NO/c1-15-9-10-17-14-16-7-4-5-8-18(16)20(19(17)13-15)22-12-6-11-21(2)3/h4-5,7-10,13-14H,6,11-12H2,1-3H3. The van der Waals surface area contributed by atoms with Crippen molar-refractivity contribution in [3.8, 4) is 5.75 Å². The lowest BCUT2D eigenvalue weighted by Crippen LogP contribution is -2.15. The van der Waals surface area contributed by atoms with E-state index in [0.717, 1.165) is 25.3 Å². The van der Waals surface area contributed by atoms with Crippen molar-refractivity contribution in [3.63, 3.8) is 0 Å². The summed E-state index contributed by atoms with van der Waals surface area (Å²) < 4.78 is 6.21. The first kappa shape index (κ1) is 14.9. The van der Waals surface area contributed by atoms with Gasteiger partial charge in [0.15, 0.2) is 0 Å². The average Bonchev–Trinajstić information content (AvgIpc) is 2.50. The molecule has 0 radical (unpaired) electrons. The van der Waals surface area contributed by atoms with Crippen molar-refractivity contribution in [1.82, 2.24) is 4.90 Å². The highest BCUT2D eigenvalue weighted by Crippen LogP contribution is 2.35. The van der Waals surface area contributed by atoms with E-state index in [-0.39, 0.29) is 0 Å². The van der Waals surface area contributed by atoms with E-state index in [0.29, 0.717) is 0 Å². The van der Waals surface area contributed by atoms with Crippen LogP contribution in [-0.2, 0) is 0 Å². The second-order valence-electron chi connectivity index (χ2n) is 6.16. The minimum Gasteiger partial charge on any atom is -0.492 e. The molecule has 2 heteroatoms. The predicted molar refractivity (Wildman–Crippen MR) is 94.9 cm³/mol. The number of hydrogen-bond acceptors (Lipinski definition) is 2. The summed E-state index contributed by atoms with van der Waals surface area (Å²) in [5.74, 6) is 1.02. The molecule has 3 aromatic carbocycles. The second kappa shape index (κ2) is 6.37. The van der Waals surface area contributed by atoms with Crippen LogP contribution in [0.15, 0.2) is 48.5 Å². The highest BCUT2D eigenvalue weighted by Gasteiger charge is 2.09. The molecule has 3 aromatic rings. The Morgan fingerprint density at radius 1 is 0.909 bits per heavy atom. The first-order chi connectivity index (χ1) is 10.6. The molecule has 22 heavy (non-hydrogen) atoms. The van der Waals surface area contributed by atoms with Crippen molar-refractivity contribution < 1.29 is 4.74 Å². The Bertz CT molecular complexity index is 792. The fraction of sp³-hybridized carbons (Fsp3) is 0.300. The summed E-state index contributed by atoms with van der Waals surface area (Å²) >= 11 is 0. The lowest BCUT2D eigenvalue weighted by atomic mass is 10.0. The van der Waals surface area contributed by atoms with Crippen molar-refractivity contribution in [3.05, 3.63) is 54.1 Å². The van der Waals surface area contributed by atoms with Crippen LogP contribution in [0.1, 0.15) is 12.0 Å². The SMILES string of the molecule is Cc1ccc2cc3ccccc3c(OCCCN(C)C)c2c1. The van der Waals surface area contributed by atoms with E-state index in [1.165, 1.54) is 27.1 Å². The van der Waals surface area contributed by atoms with Crippen LogP contribution in [0.4, 0.5) is 0 Å². The minimum atomic E-state index is 0.745. The Morgan fingerprint density at radius 2 is 1.68 bits per heavy atom. The zero-order chi connectivity index (χ0) is 15.5. The molecule has 0 fully saturated rings. The second-order valence-corrected chi connectivity index (χ2v) is 6.16. The Labute approximate surface area is 132 Å². The number of hydrogen-bond donors (Lipinski definition) is 0. The van der Waals surface area contributed by atoms with Crippen LogP contribution >= 0.6 is 0 Å². The summed E-state index contributed by atoms with van der Waals surface area (Å²) in [6.45, 7) is 3.92. The summed E-state index contributed by atoms with van der Waals surface area (Å²) in [5, 5.41) is 4.89. The molecule has 0 bridgehead atoms. The maximum Gasteiger partial charge on any atom is 0.134 e. The number of fused-ring (bicyclic) bond motifs is 2. The minimum absolute atomic E-state index is 0.745. The summed E-state index contributed by atoms with van der Waals surface area (Å²) in [7, 11) is 4.19. The quantitative estimate of drug-likeness (QED) is 0.502. The molecule has 0 saturated heterocycles. The molecule has 0 atom stereocenters. The maximum atomic E-state index is 6.21. The van der Waals surface area contributed by atoms with Gasteiger partial charge in [0, 0.05) is 17.3 Å². The van der Waals surface area contributed by atoms with Crippen LogP contribution in [0.25, 0.3) is 21.5 Å². The molecular formula is C20H23NO. The van der Waals surface area contributed by atoms with Gasteiger partial charge in [0.25, 0.3) is 0 Å². The number of aryl methyl sites for hydroxylation is 1. The summed E-state index contributed by atoms with van der Waals surface area (Å²) in [5.41, 5.74) is 1.26. The fourth-order valence-electron chi connectivity index (χ4n) is 2.85. The van der Waals surface area contributed by atoms with Crippen molar-refractivity contribution in [1.29, 1.82) is 0 Å². The van der Waals surface area contributed by atoms with Crippen molar-refractivity contribution >= 4 is 21.5 Å². The third-order valence-electron chi connectivity index (χ3n) is 3.97. The topological polar surface area (TPSA) is 12.5 Å². The molecule has 114 valence electrons. The number of nitrogens with zero attached hydrogens (tertiary/aromatic N) is 1. The molecule has 0 spiro atoms. The molecule has 2 nitrogen and oxygen atoms in total. The van der Waals surface area contributed by atoms with Crippen LogP contribution in [0.2, 0.25) is 0 Å². The van der Waals surface area contributed by atoms with E-state index in [1.54, 1.807) is 0 Å². The molecule has 0 aliphatic heterocycles. The van der Waals surface area contributed by atoms with Crippen LogP contribution in [0.3, 0.4) is 0 Å². The van der Waals surface area contributed by atoms with Crippen LogP contribution in [0, 0.1) is 6.92 Å². The van der Waals surface area contributed by atoms with Gasteiger partial charge >= 0.3 is 0 Å². The van der Waals surface area contributed by atoms with Gasteiger partial charge < -0.3 is 9.64 Å². The van der Waals surface area contributed by atoms with E-state index in [2.05, 4.69) is 74.4 Å². The fourth-order valence-corrected chi connectivity index (χ4v) is 2.85. The van der Waals surface area contributed by atoms with Gasteiger partial charge in [-0.25, -0.2) is 0 Å². The number of benzene rings is 3. The first-order valence-electron chi connectivity index (χ1n) is 7.85. The molecule has 0 unspecified atom stereocenters. The molecular weight excluding hydrogens is 270 g/mol.